The minimum atomic E-state index is 0.00336. The molecule has 27 heavy (non-hydrogen) atoms. The molecule has 1 amide bonds. The Kier molecular flexibility index (Phi) is 6.24. The molecule has 1 heterocycles. The van der Waals surface area contributed by atoms with E-state index in [1.54, 1.807) is 32.4 Å². The molecule has 1 aliphatic heterocycles. The lowest BCUT2D eigenvalue weighted by molar-refractivity contribution is -0.126. The summed E-state index contributed by atoms with van der Waals surface area (Å²) in [5.41, 5.74) is 1.97. The highest BCUT2D eigenvalue weighted by Crippen LogP contribution is 2.25. The first-order valence-electron chi connectivity index (χ1n) is 8.80. The van der Waals surface area contributed by atoms with E-state index >= 15 is 0 Å². The van der Waals surface area contributed by atoms with E-state index in [9.17, 15) is 4.79 Å². The molecule has 0 bridgehead atoms. The van der Waals surface area contributed by atoms with E-state index in [1.165, 1.54) is 0 Å². The van der Waals surface area contributed by atoms with Gasteiger partial charge in [0.1, 0.15) is 11.5 Å². The molecule has 142 valence electrons. The predicted octanol–water partition coefficient (Wildman–Crippen LogP) is 3.72. The molecule has 1 saturated heterocycles. The minimum Gasteiger partial charge on any atom is -0.497 e. The average molecular weight is 387 g/mol. The smallest absolute Gasteiger partial charge is 0.246 e. The Balaban J connectivity index is 1.59. The molecule has 1 aliphatic rings. The first-order chi connectivity index (χ1) is 13.1. The van der Waals surface area contributed by atoms with Crippen LogP contribution in [0.25, 0.3) is 6.08 Å². The lowest BCUT2D eigenvalue weighted by atomic mass is 10.1. The van der Waals surface area contributed by atoms with Crippen molar-refractivity contribution in [3.05, 3.63) is 59.1 Å². The van der Waals surface area contributed by atoms with Gasteiger partial charge >= 0.3 is 0 Å². The Labute approximate surface area is 164 Å². The zero-order valence-corrected chi connectivity index (χ0v) is 16.3. The highest BCUT2D eigenvalue weighted by Gasteiger charge is 2.19. The van der Waals surface area contributed by atoms with Gasteiger partial charge in [0.2, 0.25) is 5.91 Å². The van der Waals surface area contributed by atoms with Gasteiger partial charge in [-0.15, -0.1) is 0 Å². The first-order valence-corrected chi connectivity index (χ1v) is 9.18. The lowest BCUT2D eigenvalue weighted by Crippen LogP contribution is -2.48. The van der Waals surface area contributed by atoms with E-state index in [0.717, 1.165) is 29.4 Å². The summed E-state index contributed by atoms with van der Waals surface area (Å²) in [7, 11) is 3.21. The summed E-state index contributed by atoms with van der Waals surface area (Å²) in [5.74, 6) is 1.39. The maximum absolute atomic E-state index is 12.5. The number of piperazine rings is 1. The number of methoxy groups -OCH3 is 2. The number of anilines is 1. The van der Waals surface area contributed by atoms with E-state index < -0.39 is 0 Å². The van der Waals surface area contributed by atoms with Crippen LogP contribution in [-0.4, -0.2) is 51.2 Å². The second kappa shape index (κ2) is 8.82. The molecule has 0 aromatic heterocycles. The van der Waals surface area contributed by atoms with Gasteiger partial charge in [-0.25, -0.2) is 0 Å². The standard InChI is InChI=1S/C21H23ClN2O3/c1-26-19-9-3-16(20(15-19)27-2)4-10-21(25)24-13-11-23(12-14-24)18-7-5-17(22)6-8-18/h3-10,15H,11-14H2,1-2H3. The fourth-order valence-corrected chi connectivity index (χ4v) is 3.19. The average Bonchev–Trinajstić information content (AvgIpc) is 2.72. The highest BCUT2D eigenvalue weighted by atomic mass is 35.5. The number of halogens is 1. The van der Waals surface area contributed by atoms with Gasteiger partial charge in [-0.2, -0.15) is 0 Å². The third-order valence-corrected chi connectivity index (χ3v) is 4.88. The Morgan fingerprint density at radius 3 is 2.33 bits per heavy atom. The maximum atomic E-state index is 12.5. The number of ether oxygens (including phenoxy) is 2. The van der Waals surface area contributed by atoms with Crippen molar-refractivity contribution >= 4 is 29.3 Å². The fraction of sp³-hybridized carbons (Fsp3) is 0.286. The Bertz CT molecular complexity index is 813. The molecule has 0 atom stereocenters. The Hall–Kier alpha value is -2.66. The summed E-state index contributed by atoms with van der Waals surface area (Å²) in [4.78, 5) is 16.6. The molecule has 5 nitrogen and oxygen atoms in total. The zero-order chi connectivity index (χ0) is 19.2. The summed E-state index contributed by atoms with van der Waals surface area (Å²) < 4.78 is 10.6. The van der Waals surface area contributed by atoms with Crippen molar-refractivity contribution in [3.8, 4) is 11.5 Å². The van der Waals surface area contributed by atoms with Crippen LogP contribution in [0.2, 0.25) is 5.02 Å². The molecule has 3 rings (SSSR count). The summed E-state index contributed by atoms with van der Waals surface area (Å²) in [6.07, 6.45) is 3.38. The van der Waals surface area contributed by atoms with Gasteiger partial charge in [0, 0.05) is 54.6 Å². The van der Waals surface area contributed by atoms with E-state index in [2.05, 4.69) is 4.90 Å². The summed E-state index contributed by atoms with van der Waals surface area (Å²) in [6, 6.07) is 13.3. The minimum absolute atomic E-state index is 0.00336. The molecule has 1 fully saturated rings. The topological polar surface area (TPSA) is 42.0 Å². The molecule has 0 N–H and O–H groups in total. The summed E-state index contributed by atoms with van der Waals surface area (Å²) in [6.45, 7) is 2.97. The van der Waals surface area contributed by atoms with Crippen molar-refractivity contribution in [1.29, 1.82) is 0 Å². The second-order valence-corrected chi connectivity index (χ2v) is 6.67. The number of nitrogens with zero attached hydrogens (tertiary/aromatic N) is 2. The zero-order valence-electron chi connectivity index (χ0n) is 15.5. The van der Waals surface area contributed by atoms with Gasteiger partial charge in [0.05, 0.1) is 14.2 Å². The van der Waals surface area contributed by atoms with E-state index in [-0.39, 0.29) is 5.91 Å². The van der Waals surface area contributed by atoms with Crippen molar-refractivity contribution in [2.75, 3.05) is 45.3 Å². The van der Waals surface area contributed by atoms with Crippen molar-refractivity contribution in [2.24, 2.45) is 0 Å². The second-order valence-electron chi connectivity index (χ2n) is 6.23. The van der Waals surface area contributed by atoms with Gasteiger partial charge in [0.25, 0.3) is 0 Å². The number of amides is 1. The molecule has 0 radical (unpaired) electrons. The number of benzene rings is 2. The van der Waals surface area contributed by atoms with Crippen LogP contribution >= 0.6 is 11.6 Å². The normalized spacial score (nSPS) is 14.5. The SMILES string of the molecule is COc1ccc(C=CC(=O)N2CCN(c3ccc(Cl)cc3)CC2)c(OC)c1. The van der Waals surface area contributed by atoms with Crippen molar-refractivity contribution in [2.45, 2.75) is 0 Å². The number of rotatable bonds is 5. The predicted molar refractivity (Wildman–Crippen MR) is 109 cm³/mol. The molecule has 0 aliphatic carbocycles. The quantitative estimate of drug-likeness (QED) is 0.734. The van der Waals surface area contributed by atoms with Crippen LogP contribution in [0.1, 0.15) is 5.56 Å². The van der Waals surface area contributed by atoms with Crippen molar-refractivity contribution in [1.82, 2.24) is 4.90 Å². The maximum Gasteiger partial charge on any atom is 0.246 e. The van der Waals surface area contributed by atoms with Crippen molar-refractivity contribution < 1.29 is 14.3 Å². The molecular formula is C21H23ClN2O3. The molecule has 0 unspecified atom stereocenters. The number of hydrogen-bond acceptors (Lipinski definition) is 4. The van der Waals surface area contributed by atoms with Crippen LogP contribution in [0.5, 0.6) is 11.5 Å². The van der Waals surface area contributed by atoms with Gasteiger partial charge in [0.15, 0.2) is 0 Å². The van der Waals surface area contributed by atoms with Gasteiger partial charge in [-0.1, -0.05) is 11.6 Å². The molecule has 0 saturated carbocycles. The van der Waals surface area contributed by atoms with Gasteiger partial charge in [-0.3, -0.25) is 4.79 Å². The van der Waals surface area contributed by atoms with Crippen LogP contribution in [0.15, 0.2) is 48.5 Å². The van der Waals surface area contributed by atoms with E-state index in [1.807, 2.05) is 41.3 Å². The highest BCUT2D eigenvalue weighted by molar-refractivity contribution is 6.30. The molecule has 0 spiro atoms. The lowest BCUT2D eigenvalue weighted by Gasteiger charge is -2.35. The Morgan fingerprint density at radius 2 is 1.70 bits per heavy atom. The molecular weight excluding hydrogens is 364 g/mol. The molecule has 2 aromatic carbocycles. The molecule has 2 aromatic rings. The monoisotopic (exact) mass is 386 g/mol. The summed E-state index contributed by atoms with van der Waals surface area (Å²) in [5, 5.41) is 0.728. The van der Waals surface area contributed by atoms with E-state index in [0.29, 0.717) is 24.6 Å². The van der Waals surface area contributed by atoms with Crippen LogP contribution in [0.3, 0.4) is 0 Å². The van der Waals surface area contributed by atoms with Crippen molar-refractivity contribution in [3.63, 3.8) is 0 Å². The van der Waals surface area contributed by atoms with Gasteiger partial charge in [-0.05, 0) is 42.5 Å². The molecule has 6 heteroatoms. The van der Waals surface area contributed by atoms with Crippen LogP contribution in [0.4, 0.5) is 5.69 Å². The Morgan fingerprint density at radius 1 is 1.00 bits per heavy atom. The van der Waals surface area contributed by atoms with E-state index in [4.69, 9.17) is 21.1 Å². The van der Waals surface area contributed by atoms with Crippen LogP contribution < -0.4 is 14.4 Å². The third-order valence-electron chi connectivity index (χ3n) is 4.63. The first kappa shape index (κ1) is 19.1. The largest absolute Gasteiger partial charge is 0.497 e. The third kappa shape index (κ3) is 4.74. The van der Waals surface area contributed by atoms with Crippen LogP contribution in [0, 0.1) is 0 Å². The van der Waals surface area contributed by atoms with Crippen LogP contribution in [-0.2, 0) is 4.79 Å². The summed E-state index contributed by atoms with van der Waals surface area (Å²) >= 11 is 5.94. The number of carbonyl (C=O) groups is 1. The number of carbonyl (C=O) groups excluding carboxylic acids is 1. The fourth-order valence-electron chi connectivity index (χ4n) is 3.06. The van der Waals surface area contributed by atoms with Gasteiger partial charge < -0.3 is 19.3 Å². The number of hydrogen-bond donors (Lipinski definition) is 0.